The van der Waals surface area contributed by atoms with Gasteiger partial charge in [0.1, 0.15) is 0 Å². The predicted molar refractivity (Wildman–Crippen MR) is 101 cm³/mol. The number of carbonyl (C=O) groups excluding carboxylic acids is 1. The third-order valence-corrected chi connectivity index (χ3v) is 6.62. The van der Waals surface area contributed by atoms with Gasteiger partial charge in [0.05, 0.1) is 9.82 Å². The van der Waals surface area contributed by atoms with E-state index in [4.69, 9.17) is 0 Å². The lowest BCUT2D eigenvalue weighted by Crippen LogP contribution is -2.37. The van der Waals surface area contributed by atoms with E-state index in [0.717, 1.165) is 38.4 Å². The Morgan fingerprint density at radius 2 is 2.00 bits per heavy atom. The minimum atomic E-state index is -3.86. The van der Waals surface area contributed by atoms with Crippen molar-refractivity contribution in [1.82, 2.24) is 15.4 Å². The van der Waals surface area contributed by atoms with Gasteiger partial charge in [-0.05, 0) is 43.8 Å². The highest BCUT2D eigenvalue weighted by molar-refractivity contribution is 7.89. The van der Waals surface area contributed by atoms with Gasteiger partial charge in [0, 0.05) is 31.1 Å². The first-order chi connectivity index (χ1) is 12.3. The number of hydrogen-bond donors (Lipinski definition) is 3. The van der Waals surface area contributed by atoms with E-state index in [9.17, 15) is 23.3 Å². The Bertz CT molecular complexity index is 811. The van der Waals surface area contributed by atoms with Crippen LogP contribution in [0.1, 0.15) is 19.3 Å². The van der Waals surface area contributed by atoms with Crippen LogP contribution in [0.15, 0.2) is 29.2 Å². The molecule has 1 amide bonds. The summed E-state index contributed by atoms with van der Waals surface area (Å²) in [5.41, 5.74) is -0.153. The molecule has 2 aliphatic rings. The van der Waals surface area contributed by atoms with Crippen molar-refractivity contribution >= 4 is 34.0 Å². The van der Waals surface area contributed by atoms with Gasteiger partial charge < -0.3 is 10.6 Å². The van der Waals surface area contributed by atoms with E-state index in [1.807, 2.05) is 0 Å². The number of nitro benzene ring substituents is 1. The third-order valence-electron chi connectivity index (χ3n) is 5.16. The molecule has 1 aliphatic carbocycles. The van der Waals surface area contributed by atoms with Crippen LogP contribution in [-0.2, 0) is 14.8 Å². The van der Waals surface area contributed by atoms with Gasteiger partial charge in [-0.25, -0.2) is 13.1 Å². The van der Waals surface area contributed by atoms with Crippen LogP contribution in [0.4, 0.5) is 5.69 Å². The minimum Gasteiger partial charge on any atom is -0.355 e. The van der Waals surface area contributed by atoms with E-state index in [2.05, 4.69) is 15.4 Å². The van der Waals surface area contributed by atoms with Crippen LogP contribution in [-0.4, -0.2) is 45.4 Å². The number of amides is 1. The number of halogens is 1. The van der Waals surface area contributed by atoms with Crippen molar-refractivity contribution in [3.63, 3.8) is 0 Å². The molecule has 0 aromatic heterocycles. The fourth-order valence-corrected chi connectivity index (χ4v) is 4.61. The van der Waals surface area contributed by atoms with Crippen LogP contribution in [0, 0.1) is 21.4 Å². The van der Waals surface area contributed by atoms with Crippen molar-refractivity contribution in [3.05, 3.63) is 34.4 Å². The number of nitrogens with one attached hydrogen (secondary N) is 3. The predicted octanol–water partition coefficient (Wildman–Crippen LogP) is 0.801. The second-order valence-corrected chi connectivity index (χ2v) is 8.58. The zero-order valence-electron chi connectivity index (χ0n) is 14.6. The third kappa shape index (κ3) is 4.95. The molecule has 150 valence electrons. The van der Waals surface area contributed by atoms with Gasteiger partial charge in [-0.2, -0.15) is 0 Å². The van der Waals surface area contributed by atoms with E-state index in [1.165, 1.54) is 18.2 Å². The summed E-state index contributed by atoms with van der Waals surface area (Å²) >= 11 is 0. The lowest BCUT2D eigenvalue weighted by Gasteiger charge is -2.23. The quantitative estimate of drug-likeness (QED) is 0.341. The lowest BCUT2D eigenvalue weighted by molar-refractivity contribution is -0.385. The highest BCUT2D eigenvalue weighted by Crippen LogP contribution is 2.58. The molecule has 3 N–H and O–H groups in total. The van der Waals surface area contributed by atoms with E-state index >= 15 is 0 Å². The smallest absolute Gasteiger partial charge is 0.270 e. The Morgan fingerprint density at radius 3 is 2.67 bits per heavy atom. The lowest BCUT2D eigenvalue weighted by atomic mass is 9.92. The SMILES string of the molecule is Cl.O=C(NCCNS(=O)(=O)c1cccc([N+](=O)[O-])c1)C1CC12CCNCC2. The van der Waals surface area contributed by atoms with Gasteiger partial charge in [-0.15, -0.1) is 12.4 Å². The molecule has 27 heavy (non-hydrogen) atoms. The number of carbonyl (C=O) groups is 1. The van der Waals surface area contributed by atoms with Crippen LogP contribution in [0.5, 0.6) is 0 Å². The Morgan fingerprint density at radius 1 is 1.30 bits per heavy atom. The molecule has 3 rings (SSSR count). The molecule has 11 heteroatoms. The van der Waals surface area contributed by atoms with Gasteiger partial charge >= 0.3 is 0 Å². The first-order valence-corrected chi connectivity index (χ1v) is 10.0. The molecule has 1 saturated carbocycles. The molecule has 1 atom stereocenters. The molecule has 1 heterocycles. The van der Waals surface area contributed by atoms with E-state index in [1.54, 1.807) is 0 Å². The first-order valence-electron chi connectivity index (χ1n) is 8.57. The average Bonchev–Trinajstić information content (AvgIpc) is 3.32. The van der Waals surface area contributed by atoms with Gasteiger partial charge in [-0.3, -0.25) is 14.9 Å². The second-order valence-electron chi connectivity index (χ2n) is 6.81. The van der Waals surface area contributed by atoms with Crippen LogP contribution < -0.4 is 15.4 Å². The summed E-state index contributed by atoms with van der Waals surface area (Å²) in [6.07, 6.45) is 2.91. The molecule has 0 bridgehead atoms. The van der Waals surface area contributed by atoms with Gasteiger partial charge in [0.15, 0.2) is 0 Å². The Kier molecular flexibility index (Phi) is 6.79. The van der Waals surface area contributed by atoms with Crippen LogP contribution in [0.2, 0.25) is 0 Å². The highest BCUT2D eigenvalue weighted by atomic mass is 35.5. The molecule has 1 aliphatic heterocycles. The number of hydrogen-bond acceptors (Lipinski definition) is 6. The summed E-state index contributed by atoms with van der Waals surface area (Å²) < 4.78 is 26.7. The first kappa shape index (κ1) is 21.5. The summed E-state index contributed by atoms with van der Waals surface area (Å²) in [5, 5.41) is 16.8. The molecule has 0 radical (unpaired) electrons. The highest BCUT2D eigenvalue weighted by Gasteiger charge is 2.57. The van der Waals surface area contributed by atoms with Crippen molar-refractivity contribution in [2.75, 3.05) is 26.2 Å². The Labute approximate surface area is 163 Å². The Balaban J connectivity index is 0.00000261. The van der Waals surface area contributed by atoms with Crippen LogP contribution in [0.25, 0.3) is 0 Å². The second kappa shape index (κ2) is 8.51. The van der Waals surface area contributed by atoms with Gasteiger partial charge in [0.2, 0.25) is 15.9 Å². The number of nitrogens with zero attached hydrogens (tertiary/aromatic N) is 1. The van der Waals surface area contributed by atoms with Crippen molar-refractivity contribution in [1.29, 1.82) is 0 Å². The monoisotopic (exact) mass is 418 g/mol. The molecular weight excluding hydrogens is 396 g/mol. The zero-order chi connectivity index (χ0) is 18.8. The maximum atomic E-state index is 12.2. The topological polar surface area (TPSA) is 130 Å². The van der Waals surface area contributed by atoms with E-state index in [-0.39, 0.29) is 53.3 Å². The average molecular weight is 419 g/mol. The Hall–Kier alpha value is -1.75. The van der Waals surface area contributed by atoms with Gasteiger partial charge in [0.25, 0.3) is 5.69 Å². The number of non-ortho nitro benzene ring substituents is 1. The van der Waals surface area contributed by atoms with Crippen molar-refractivity contribution in [3.8, 4) is 0 Å². The summed E-state index contributed by atoms with van der Waals surface area (Å²) in [7, 11) is -3.86. The van der Waals surface area contributed by atoms with E-state index in [0.29, 0.717) is 0 Å². The molecule has 9 nitrogen and oxygen atoms in total. The standard InChI is InChI=1S/C16H22N4O5S.ClH/c21-15(14-11-16(14)4-6-17-7-5-16)18-8-9-19-26(24,25)13-3-1-2-12(10-13)20(22)23;/h1-3,10,14,17,19H,4-9,11H2,(H,18,21);1H. The van der Waals surface area contributed by atoms with Crippen LogP contribution >= 0.6 is 12.4 Å². The maximum Gasteiger partial charge on any atom is 0.270 e. The molecule has 1 spiro atoms. The fraction of sp³-hybridized carbons (Fsp3) is 0.562. The number of nitro groups is 1. The molecule has 1 unspecified atom stereocenters. The fourth-order valence-electron chi connectivity index (χ4n) is 3.54. The molecular formula is C16H23ClN4O5S. The van der Waals surface area contributed by atoms with Gasteiger partial charge in [-0.1, -0.05) is 6.07 Å². The maximum absolute atomic E-state index is 12.2. The minimum absolute atomic E-state index is 0. The molecule has 1 aromatic rings. The summed E-state index contributed by atoms with van der Waals surface area (Å²) in [6, 6.07) is 4.84. The van der Waals surface area contributed by atoms with Crippen LogP contribution in [0.3, 0.4) is 0 Å². The normalized spacial score (nSPS) is 20.5. The number of piperidine rings is 1. The van der Waals surface area contributed by atoms with E-state index < -0.39 is 14.9 Å². The largest absolute Gasteiger partial charge is 0.355 e. The van der Waals surface area contributed by atoms with Crippen molar-refractivity contribution in [2.24, 2.45) is 11.3 Å². The number of sulfonamides is 1. The summed E-state index contributed by atoms with van der Waals surface area (Å²) in [4.78, 5) is 22.1. The van der Waals surface area contributed by atoms with Crippen molar-refractivity contribution in [2.45, 2.75) is 24.2 Å². The molecule has 1 aromatic carbocycles. The molecule has 1 saturated heterocycles. The summed E-state index contributed by atoms with van der Waals surface area (Å²) in [6.45, 7) is 2.08. The summed E-state index contributed by atoms with van der Waals surface area (Å²) in [5.74, 6) is -0.000531. The number of benzene rings is 1. The number of rotatable bonds is 7. The van der Waals surface area contributed by atoms with Crippen molar-refractivity contribution < 1.29 is 18.1 Å². The molecule has 2 fully saturated rings. The zero-order valence-corrected chi connectivity index (χ0v) is 16.3.